The highest BCUT2D eigenvalue weighted by atomic mass is 79.9. The highest BCUT2D eigenvalue weighted by Gasteiger charge is 2.70. The van der Waals surface area contributed by atoms with Crippen molar-refractivity contribution in [3.05, 3.63) is 70.2 Å². The van der Waals surface area contributed by atoms with Crippen LogP contribution in [0.1, 0.15) is 29.9 Å². The third-order valence-electron chi connectivity index (χ3n) is 7.56. The van der Waals surface area contributed by atoms with Crippen molar-refractivity contribution < 1.29 is 23.8 Å². The lowest BCUT2D eigenvalue weighted by molar-refractivity contribution is -0.296. The Morgan fingerprint density at radius 3 is 2.61 bits per heavy atom. The molecule has 1 N–H and O–H groups in total. The molecule has 7 nitrogen and oxygen atoms in total. The van der Waals surface area contributed by atoms with Gasteiger partial charge < -0.3 is 14.2 Å². The van der Waals surface area contributed by atoms with E-state index in [2.05, 4.69) is 38.3 Å². The summed E-state index contributed by atoms with van der Waals surface area (Å²) >= 11 is 3.59. The molecule has 0 saturated carbocycles. The predicted molar refractivity (Wildman–Crippen MR) is 123 cm³/mol. The third kappa shape index (κ3) is 3.01. The van der Waals surface area contributed by atoms with Crippen molar-refractivity contribution in [2.75, 3.05) is 13.6 Å². The number of fused-ring (bicyclic) bond motifs is 5. The number of piperazine rings is 1. The molecule has 2 aromatic rings. The molecule has 2 bridgehead atoms. The first-order chi connectivity index (χ1) is 15.9. The molecule has 8 heteroatoms. The largest absolute Gasteiger partial charge is 0.457 e. The summed E-state index contributed by atoms with van der Waals surface area (Å²) in [7, 11) is 2.04. The fourth-order valence-electron chi connectivity index (χ4n) is 6.07. The number of carbonyl (C=O) groups excluding carboxylic acids is 2. The second-order valence-corrected chi connectivity index (χ2v) is 9.96. The van der Waals surface area contributed by atoms with Gasteiger partial charge in [-0.05, 0) is 56.1 Å². The van der Waals surface area contributed by atoms with E-state index in [-0.39, 0.29) is 12.0 Å². The number of hydrogen-bond donors (Lipinski definition) is 1. The van der Waals surface area contributed by atoms with Gasteiger partial charge in [0.15, 0.2) is 0 Å². The quantitative estimate of drug-likeness (QED) is 0.587. The molecular formula is C25H23BrN2O5. The van der Waals surface area contributed by atoms with Crippen molar-refractivity contribution in [1.82, 2.24) is 10.2 Å². The summed E-state index contributed by atoms with van der Waals surface area (Å²) in [6, 6.07) is 14.2. The lowest BCUT2D eigenvalue weighted by Gasteiger charge is -2.56. The summed E-state index contributed by atoms with van der Waals surface area (Å²) in [5.74, 6) is -1.48. The number of para-hydroxylation sites is 1. The fourth-order valence-corrected chi connectivity index (χ4v) is 6.48. The molecule has 2 aromatic carbocycles. The number of ether oxygens (including phenoxy) is 3. The topological polar surface area (TPSA) is 77.1 Å². The Bertz CT molecular complexity index is 1180. The monoisotopic (exact) mass is 510 g/mol. The predicted octanol–water partition coefficient (Wildman–Crippen LogP) is 3.63. The van der Waals surface area contributed by atoms with Crippen molar-refractivity contribution >= 4 is 27.9 Å². The molecule has 4 aliphatic rings. The molecule has 0 radical (unpaired) electrons. The van der Waals surface area contributed by atoms with E-state index in [9.17, 15) is 9.59 Å². The minimum atomic E-state index is -1.62. The van der Waals surface area contributed by atoms with Gasteiger partial charge in [-0.25, -0.2) is 14.9 Å². The molecular weight excluding hydrogens is 488 g/mol. The van der Waals surface area contributed by atoms with Gasteiger partial charge >= 0.3 is 17.8 Å². The molecule has 170 valence electrons. The molecule has 3 atom stereocenters. The number of likely N-dealkylation sites (N-methyl/N-ethyl adjacent to an activating group) is 1. The van der Waals surface area contributed by atoms with E-state index in [1.54, 1.807) is 0 Å². The van der Waals surface area contributed by atoms with Crippen LogP contribution in [0.5, 0.6) is 11.5 Å². The minimum absolute atomic E-state index is 0.189. The van der Waals surface area contributed by atoms with Gasteiger partial charge in [-0.2, -0.15) is 0 Å². The van der Waals surface area contributed by atoms with Gasteiger partial charge in [0.05, 0.1) is 0 Å². The number of benzene rings is 2. The van der Waals surface area contributed by atoms with Crippen LogP contribution < -0.4 is 10.1 Å². The summed E-state index contributed by atoms with van der Waals surface area (Å²) in [5.41, 5.74) is 1.18. The van der Waals surface area contributed by atoms with Gasteiger partial charge in [-0.15, -0.1) is 0 Å². The van der Waals surface area contributed by atoms with E-state index in [4.69, 9.17) is 14.2 Å². The van der Waals surface area contributed by atoms with Crippen LogP contribution in [0.25, 0.3) is 0 Å². The minimum Gasteiger partial charge on any atom is -0.457 e. The number of carbonyl (C=O) groups is 2. The van der Waals surface area contributed by atoms with E-state index >= 15 is 0 Å². The highest BCUT2D eigenvalue weighted by Crippen LogP contribution is 2.57. The lowest BCUT2D eigenvalue weighted by Crippen LogP contribution is -2.77. The van der Waals surface area contributed by atoms with Crippen molar-refractivity contribution in [3.8, 4) is 11.5 Å². The number of halogens is 1. The van der Waals surface area contributed by atoms with Gasteiger partial charge in [-0.3, -0.25) is 4.90 Å². The molecule has 0 aromatic heterocycles. The Labute approximate surface area is 199 Å². The van der Waals surface area contributed by atoms with Crippen LogP contribution in [0.2, 0.25) is 0 Å². The van der Waals surface area contributed by atoms with Gasteiger partial charge in [-0.1, -0.05) is 34.1 Å². The maximum absolute atomic E-state index is 12.6. The number of rotatable bonds is 1. The van der Waals surface area contributed by atoms with Crippen LogP contribution in [0.3, 0.4) is 0 Å². The first kappa shape index (κ1) is 20.9. The van der Waals surface area contributed by atoms with Gasteiger partial charge in [0, 0.05) is 40.7 Å². The number of nitrogens with zero attached hydrogens (tertiary/aromatic N) is 1. The summed E-state index contributed by atoms with van der Waals surface area (Å²) in [4.78, 5) is 27.5. The summed E-state index contributed by atoms with van der Waals surface area (Å²) in [6.07, 6.45) is 4.45. The summed E-state index contributed by atoms with van der Waals surface area (Å²) in [5, 5.41) is 3.33. The maximum Gasteiger partial charge on any atom is 0.338 e. The highest BCUT2D eigenvalue weighted by molar-refractivity contribution is 9.10. The van der Waals surface area contributed by atoms with Crippen LogP contribution in [0.15, 0.2) is 59.1 Å². The van der Waals surface area contributed by atoms with Crippen molar-refractivity contribution in [2.24, 2.45) is 0 Å². The normalized spacial score (nSPS) is 29.9. The lowest BCUT2D eigenvalue weighted by atomic mass is 9.71. The van der Waals surface area contributed by atoms with Crippen LogP contribution in [0.4, 0.5) is 0 Å². The first-order valence-electron chi connectivity index (χ1n) is 11.1. The van der Waals surface area contributed by atoms with E-state index in [0.717, 1.165) is 45.7 Å². The fraction of sp³-hybridized carbons (Fsp3) is 0.360. The first-order valence-corrected chi connectivity index (χ1v) is 11.9. The van der Waals surface area contributed by atoms with Crippen LogP contribution in [0, 0.1) is 0 Å². The SMILES string of the molecule is CN1C2CCC1(C1Cc3cc(Br)ccc3Oc3ccccc31)C1(NC2)OC(=O)C=CC(=O)O1. The number of nitrogens with one attached hydrogen (secondary N) is 1. The van der Waals surface area contributed by atoms with Crippen LogP contribution in [-0.2, 0) is 25.5 Å². The molecule has 3 unspecified atom stereocenters. The second-order valence-electron chi connectivity index (χ2n) is 9.05. The zero-order valence-electron chi connectivity index (χ0n) is 18.0. The molecule has 6 rings (SSSR count). The Morgan fingerprint density at radius 2 is 1.82 bits per heavy atom. The molecule has 0 amide bonds. The summed E-state index contributed by atoms with van der Waals surface area (Å²) < 4.78 is 19.3. The van der Waals surface area contributed by atoms with Gasteiger partial charge in [0.25, 0.3) is 0 Å². The maximum atomic E-state index is 12.6. The molecule has 4 aliphatic heterocycles. The van der Waals surface area contributed by atoms with E-state index < -0.39 is 23.4 Å². The summed E-state index contributed by atoms with van der Waals surface area (Å²) in [6.45, 7) is 0.547. The van der Waals surface area contributed by atoms with Crippen LogP contribution >= 0.6 is 15.9 Å². The standard InChI is InChI=1S/C25H23BrN2O5/c1-28-17-10-11-24(28,25(27-14-17)32-22(29)8-9-23(30)33-25)19-13-15-12-16(26)6-7-20(15)31-21-5-3-2-4-18(19)21/h2-9,12,17,19,27H,10-11,13-14H2,1H3. The van der Waals surface area contributed by atoms with Gasteiger partial charge in [0.1, 0.15) is 17.0 Å². The molecule has 2 saturated heterocycles. The zero-order valence-corrected chi connectivity index (χ0v) is 19.6. The molecule has 2 fully saturated rings. The molecule has 33 heavy (non-hydrogen) atoms. The van der Waals surface area contributed by atoms with Crippen LogP contribution in [-0.4, -0.2) is 47.9 Å². The Balaban J connectivity index is 1.59. The second kappa shape index (κ2) is 7.41. The number of esters is 2. The van der Waals surface area contributed by atoms with Crippen molar-refractivity contribution in [3.63, 3.8) is 0 Å². The average molecular weight is 511 g/mol. The third-order valence-corrected chi connectivity index (χ3v) is 8.05. The molecule has 4 heterocycles. The smallest absolute Gasteiger partial charge is 0.338 e. The molecule has 1 spiro atoms. The molecule has 0 aliphatic carbocycles. The van der Waals surface area contributed by atoms with E-state index in [0.29, 0.717) is 19.4 Å². The Morgan fingerprint density at radius 1 is 1.06 bits per heavy atom. The van der Waals surface area contributed by atoms with Crippen molar-refractivity contribution in [1.29, 1.82) is 0 Å². The zero-order chi connectivity index (χ0) is 22.8. The van der Waals surface area contributed by atoms with Crippen molar-refractivity contribution in [2.45, 2.75) is 42.7 Å². The number of hydrogen-bond acceptors (Lipinski definition) is 7. The Kier molecular flexibility index (Phi) is 4.69. The van der Waals surface area contributed by atoms with E-state index in [1.807, 2.05) is 37.4 Å². The Hall–Kier alpha value is -2.68. The van der Waals surface area contributed by atoms with Gasteiger partial charge in [0.2, 0.25) is 0 Å². The average Bonchev–Trinajstić information content (AvgIpc) is 2.91. The van der Waals surface area contributed by atoms with E-state index in [1.165, 1.54) is 0 Å².